The van der Waals surface area contributed by atoms with E-state index >= 15 is 0 Å². The lowest BCUT2D eigenvalue weighted by atomic mass is 9.96. The largest absolute Gasteiger partial charge is 0.256 e. The molecular weight excluding hydrogens is 311 g/mol. The molecule has 0 aliphatic carbocycles. The Labute approximate surface area is 145 Å². The maximum absolute atomic E-state index is 13.3. The van der Waals surface area contributed by atoms with Crippen LogP contribution in [0.5, 0.6) is 0 Å². The zero-order chi connectivity index (χ0) is 17.1. The van der Waals surface area contributed by atoms with Crippen LogP contribution in [0.15, 0.2) is 91.3 Å². The summed E-state index contributed by atoms with van der Waals surface area (Å²) in [6.07, 6.45) is 3.56. The van der Waals surface area contributed by atoms with Crippen LogP contribution in [0.25, 0.3) is 33.6 Å². The van der Waals surface area contributed by atoms with Crippen LogP contribution >= 0.6 is 0 Å². The fourth-order valence-electron chi connectivity index (χ4n) is 2.80. The van der Waals surface area contributed by atoms with Gasteiger partial charge in [0.05, 0.1) is 11.4 Å². The molecule has 0 saturated carbocycles. The van der Waals surface area contributed by atoms with Crippen LogP contribution in [-0.4, -0.2) is 9.97 Å². The molecule has 0 unspecified atom stereocenters. The van der Waals surface area contributed by atoms with E-state index < -0.39 is 0 Å². The van der Waals surface area contributed by atoms with E-state index in [9.17, 15) is 4.39 Å². The second-order valence-corrected chi connectivity index (χ2v) is 5.74. The average Bonchev–Trinajstić information content (AvgIpc) is 2.69. The van der Waals surface area contributed by atoms with Crippen molar-refractivity contribution in [1.29, 1.82) is 0 Å². The van der Waals surface area contributed by atoms with E-state index in [4.69, 9.17) is 0 Å². The minimum Gasteiger partial charge on any atom is -0.256 e. The third kappa shape index (κ3) is 3.31. The van der Waals surface area contributed by atoms with Crippen molar-refractivity contribution < 1.29 is 4.39 Å². The van der Waals surface area contributed by atoms with Gasteiger partial charge < -0.3 is 0 Å². The smallest absolute Gasteiger partial charge is 0.123 e. The number of benzene rings is 2. The van der Waals surface area contributed by atoms with E-state index in [0.717, 1.165) is 33.6 Å². The van der Waals surface area contributed by atoms with Crippen LogP contribution in [0.4, 0.5) is 4.39 Å². The maximum atomic E-state index is 13.3. The molecule has 0 aliphatic rings. The summed E-state index contributed by atoms with van der Waals surface area (Å²) in [5, 5.41) is 0. The molecule has 25 heavy (non-hydrogen) atoms. The molecule has 0 aliphatic heterocycles. The monoisotopic (exact) mass is 326 g/mol. The van der Waals surface area contributed by atoms with Crippen molar-refractivity contribution in [2.24, 2.45) is 0 Å². The highest BCUT2D eigenvalue weighted by Gasteiger charge is 2.08. The highest BCUT2D eigenvalue weighted by atomic mass is 19.1. The summed E-state index contributed by atoms with van der Waals surface area (Å²) >= 11 is 0. The SMILES string of the molecule is Fc1ccc(-c2cc(-c3ccccn3)cc(-c3ccccn3)c2)cc1. The Morgan fingerprint density at radius 1 is 0.520 bits per heavy atom. The van der Waals surface area contributed by atoms with E-state index in [1.54, 1.807) is 24.5 Å². The molecule has 2 heterocycles. The van der Waals surface area contributed by atoms with Crippen molar-refractivity contribution in [2.45, 2.75) is 0 Å². The fraction of sp³-hybridized carbons (Fsp3) is 0. The molecule has 2 aromatic carbocycles. The lowest BCUT2D eigenvalue weighted by Crippen LogP contribution is -1.89. The first-order chi connectivity index (χ1) is 12.3. The number of aromatic nitrogens is 2. The van der Waals surface area contributed by atoms with Gasteiger partial charge >= 0.3 is 0 Å². The highest BCUT2D eigenvalue weighted by molar-refractivity contribution is 5.79. The van der Waals surface area contributed by atoms with Gasteiger partial charge in [0.2, 0.25) is 0 Å². The van der Waals surface area contributed by atoms with E-state index in [1.807, 2.05) is 36.4 Å². The first-order valence-corrected chi connectivity index (χ1v) is 8.03. The molecule has 0 bridgehead atoms. The molecule has 2 nitrogen and oxygen atoms in total. The summed E-state index contributed by atoms with van der Waals surface area (Å²) in [6, 6.07) is 24.4. The van der Waals surface area contributed by atoms with Crippen molar-refractivity contribution in [2.75, 3.05) is 0 Å². The van der Waals surface area contributed by atoms with Crippen LogP contribution in [0.3, 0.4) is 0 Å². The number of pyridine rings is 2. The lowest BCUT2D eigenvalue weighted by Gasteiger charge is -2.10. The van der Waals surface area contributed by atoms with Gasteiger partial charge in [-0.1, -0.05) is 24.3 Å². The molecule has 0 spiro atoms. The Morgan fingerprint density at radius 3 is 1.52 bits per heavy atom. The first kappa shape index (κ1) is 15.2. The molecule has 0 radical (unpaired) electrons. The van der Waals surface area contributed by atoms with Crippen molar-refractivity contribution in [1.82, 2.24) is 9.97 Å². The first-order valence-electron chi connectivity index (χ1n) is 8.03. The van der Waals surface area contributed by atoms with E-state index in [2.05, 4.69) is 28.2 Å². The molecule has 4 rings (SSSR count). The second-order valence-electron chi connectivity index (χ2n) is 5.74. The minimum atomic E-state index is -0.241. The number of nitrogens with zero attached hydrogens (tertiary/aromatic N) is 2. The number of hydrogen-bond donors (Lipinski definition) is 0. The number of halogens is 1. The standard InChI is InChI=1S/C22H15FN2/c23-20-9-7-16(8-10-20)17-13-18(21-5-1-3-11-24-21)15-19(14-17)22-6-2-4-12-25-22/h1-15H. The van der Waals surface area contributed by atoms with Crippen LogP contribution in [-0.2, 0) is 0 Å². The molecule has 120 valence electrons. The Bertz CT molecular complexity index is 924. The van der Waals surface area contributed by atoms with E-state index in [-0.39, 0.29) is 5.82 Å². The molecule has 0 fully saturated rings. The van der Waals surface area contributed by atoms with Gasteiger partial charge in [0.1, 0.15) is 5.82 Å². The van der Waals surface area contributed by atoms with Crippen LogP contribution in [0, 0.1) is 5.82 Å². The Kier molecular flexibility index (Phi) is 4.05. The molecule has 0 N–H and O–H groups in total. The summed E-state index contributed by atoms with van der Waals surface area (Å²) in [4.78, 5) is 8.90. The Morgan fingerprint density at radius 2 is 1.04 bits per heavy atom. The normalized spacial score (nSPS) is 10.6. The van der Waals surface area contributed by atoms with Crippen molar-refractivity contribution >= 4 is 0 Å². The number of rotatable bonds is 3. The molecule has 4 aromatic rings. The molecular formula is C22H15FN2. The van der Waals surface area contributed by atoms with E-state index in [0.29, 0.717) is 0 Å². The van der Waals surface area contributed by atoms with Crippen molar-refractivity contribution in [3.8, 4) is 33.6 Å². The molecule has 3 heteroatoms. The Balaban J connectivity index is 1.90. The van der Waals surface area contributed by atoms with Gasteiger partial charge in [-0.2, -0.15) is 0 Å². The summed E-state index contributed by atoms with van der Waals surface area (Å²) in [5.74, 6) is -0.241. The third-order valence-corrected chi connectivity index (χ3v) is 4.03. The summed E-state index contributed by atoms with van der Waals surface area (Å²) in [6.45, 7) is 0. The predicted molar refractivity (Wildman–Crippen MR) is 98.3 cm³/mol. The second kappa shape index (κ2) is 6.65. The predicted octanol–water partition coefficient (Wildman–Crippen LogP) is 5.62. The lowest BCUT2D eigenvalue weighted by molar-refractivity contribution is 0.628. The van der Waals surface area contributed by atoms with Crippen molar-refractivity contribution in [3.63, 3.8) is 0 Å². The van der Waals surface area contributed by atoms with E-state index in [1.165, 1.54) is 12.1 Å². The quantitative estimate of drug-likeness (QED) is 0.488. The minimum absolute atomic E-state index is 0.241. The third-order valence-electron chi connectivity index (χ3n) is 4.03. The highest BCUT2D eigenvalue weighted by Crippen LogP contribution is 2.31. The summed E-state index contributed by atoms with van der Waals surface area (Å²) < 4.78 is 13.3. The van der Waals surface area contributed by atoms with Crippen LogP contribution < -0.4 is 0 Å². The summed E-state index contributed by atoms with van der Waals surface area (Å²) in [5.41, 5.74) is 5.75. The Hall–Kier alpha value is -3.33. The maximum Gasteiger partial charge on any atom is 0.123 e. The summed E-state index contributed by atoms with van der Waals surface area (Å²) in [7, 11) is 0. The van der Waals surface area contributed by atoms with Crippen LogP contribution in [0.1, 0.15) is 0 Å². The van der Waals surface area contributed by atoms with Gasteiger partial charge in [0.15, 0.2) is 0 Å². The van der Waals surface area contributed by atoms with Crippen LogP contribution in [0.2, 0.25) is 0 Å². The zero-order valence-corrected chi connectivity index (χ0v) is 13.4. The fourth-order valence-corrected chi connectivity index (χ4v) is 2.80. The average molecular weight is 326 g/mol. The van der Waals surface area contributed by atoms with Crippen molar-refractivity contribution in [3.05, 3.63) is 97.1 Å². The molecule has 0 saturated heterocycles. The van der Waals surface area contributed by atoms with Gasteiger partial charge in [0, 0.05) is 23.5 Å². The van der Waals surface area contributed by atoms with Gasteiger partial charge in [-0.3, -0.25) is 9.97 Å². The van der Waals surface area contributed by atoms with Gasteiger partial charge in [-0.15, -0.1) is 0 Å². The zero-order valence-electron chi connectivity index (χ0n) is 13.4. The topological polar surface area (TPSA) is 25.8 Å². The molecule has 0 amide bonds. The molecule has 0 atom stereocenters. The molecule has 2 aromatic heterocycles. The number of hydrogen-bond acceptors (Lipinski definition) is 2. The van der Waals surface area contributed by atoms with Gasteiger partial charge in [-0.25, -0.2) is 4.39 Å². The van der Waals surface area contributed by atoms with Gasteiger partial charge in [0.25, 0.3) is 0 Å². The van der Waals surface area contributed by atoms with Gasteiger partial charge in [-0.05, 0) is 65.7 Å².